The van der Waals surface area contributed by atoms with Gasteiger partial charge in [0.1, 0.15) is 11.8 Å². The predicted octanol–water partition coefficient (Wildman–Crippen LogP) is 3.32. The zero-order valence-corrected chi connectivity index (χ0v) is 16.3. The smallest absolute Gasteiger partial charge is 0.242 e. The molecule has 0 aliphatic heterocycles. The topological polar surface area (TPSA) is 58.6 Å². The predicted molar refractivity (Wildman–Crippen MR) is 106 cm³/mol. The van der Waals surface area contributed by atoms with Crippen molar-refractivity contribution >= 4 is 11.8 Å². The first-order valence-corrected chi connectivity index (χ1v) is 9.25. The van der Waals surface area contributed by atoms with E-state index in [1.54, 1.807) is 18.9 Å². The fourth-order valence-corrected chi connectivity index (χ4v) is 2.76. The van der Waals surface area contributed by atoms with Gasteiger partial charge < -0.3 is 15.0 Å². The summed E-state index contributed by atoms with van der Waals surface area (Å²) < 4.78 is 5.65. The molecule has 0 aliphatic carbocycles. The number of carbonyl (C=O) groups excluding carboxylic acids is 2. The Balaban J connectivity index is 1.95. The molecule has 144 valence electrons. The first kappa shape index (κ1) is 20.5. The number of hydrogen-bond acceptors (Lipinski definition) is 3. The van der Waals surface area contributed by atoms with Gasteiger partial charge in [0.2, 0.25) is 11.8 Å². The number of nitrogens with zero attached hydrogens (tertiary/aromatic N) is 1. The molecular formula is C22H28N2O3. The highest BCUT2D eigenvalue weighted by molar-refractivity contribution is 5.87. The van der Waals surface area contributed by atoms with Gasteiger partial charge in [0.15, 0.2) is 0 Å². The maximum Gasteiger partial charge on any atom is 0.242 e. The van der Waals surface area contributed by atoms with Crippen LogP contribution in [0.5, 0.6) is 5.75 Å². The number of rotatable bonds is 9. The zero-order valence-electron chi connectivity index (χ0n) is 16.3. The van der Waals surface area contributed by atoms with Crippen LogP contribution in [0.15, 0.2) is 54.6 Å². The van der Waals surface area contributed by atoms with E-state index in [4.69, 9.17) is 4.74 Å². The number of nitrogens with one attached hydrogen (secondary N) is 1. The SMILES string of the molecule is CNC(=O)[C@H](C)N(Cc1ccc(C)cc1)C(=O)CCCOc1ccccc1. The minimum Gasteiger partial charge on any atom is -0.494 e. The van der Waals surface area contributed by atoms with Crippen molar-refractivity contribution in [2.45, 2.75) is 39.3 Å². The highest BCUT2D eigenvalue weighted by Crippen LogP contribution is 2.14. The Morgan fingerprint density at radius 2 is 1.74 bits per heavy atom. The van der Waals surface area contributed by atoms with Gasteiger partial charge >= 0.3 is 0 Å². The van der Waals surface area contributed by atoms with E-state index in [0.717, 1.165) is 16.9 Å². The molecule has 0 radical (unpaired) electrons. The summed E-state index contributed by atoms with van der Waals surface area (Å²) in [6.07, 6.45) is 0.929. The molecule has 2 aromatic rings. The molecule has 0 saturated heterocycles. The number of benzene rings is 2. The summed E-state index contributed by atoms with van der Waals surface area (Å²) in [5, 5.41) is 2.63. The lowest BCUT2D eigenvalue weighted by Gasteiger charge is -2.28. The van der Waals surface area contributed by atoms with Gasteiger partial charge in [0, 0.05) is 20.0 Å². The van der Waals surface area contributed by atoms with Gasteiger partial charge in [0.25, 0.3) is 0 Å². The van der Waals surface area contributed by atoms with Crippen LogP contribution in [-0.4, -0.2) is 36.4 Å². The molecule has 5 nitrogen and oxygen atoms in total. The molecule has 1 atom stereocenters. The van der Waals surface area contributed by atoms with Gasteiger partial charge in [-0.3, -0.25) is 9.59 Å². The van der Waals surface area contributed by atoms with Gasteiger partial charge in [0.05, 0.1) is 6.61 Å². The van der Waals surface area contributed by atoms with E-state index in [-0.39, 0.29) is 11.8 Å². The number of amides is 2. The number of likely N-dealkylation sites (N-methyl/N-ethyl adjacent to an activating group) is 1. The first-order chi connectivity index (χ1) is 13.0. The third-order valence-electron chi connectivity index (χ3n) is 4.43. The van der Waals surface area contributed by atoms with Crippen molar-refractivity contribution in [2.75, 3.05) is 13.7 Å². The molecule has 0 aliphatic rings. The van der Waals surface area contributed by atoms with Crippen molar-refractivity contribution in [3.05, 3.63) is 65.7 Å². The third-order valence-corrected chi connectivity index (χ3v) is 4.43. The van der Waals surface area contributed by atoms with Crippen LogP contribution in [0, 0.1) is 6.92 Å². The van der Waals surface area contributed by atoms with Crippen molar-refractivity contribution in [1.29, 1.82) is 0 Å². The summed E-state index contributed by atoms with van der Waals surface area (Å²) in [6, 6.07) is 17.0. The Hall–Kier alpha value is -2.82. The van der Waals surface area contributed by atoms with Crippen LogP contribution < -0.4 is 10.1 Å². The van der Waals surface area contributed by atoms with Gasteiger partial charge in [-0.15, -0.1) is 0 Å². The second-order valence-electron chi connectivity index (χ2n) is 6.56. The fraction of sp³-hybridized carbons (Fsp3) is 0.364. The molecule has 0 saturated carbocycles. The Morgan fingerprint density at radius 1 is 1.07 bits per heavy atom. The quantitative estimate of drug-likeness (QED) is 0.691. The zero-order chi connectivity index (χ0) is 19.6. The summed E-state index contributed by atoms with van der Waals surface area (Å²) in [5.74, 6) is 0.569. The van der Waals surface area contributed by atoms with Crippen molar-refractivity contribution in [2.24, 2.45) is 0 Å². The van der Waals surface area contributed by atoms with Gasteiger partial charge in [-0.1, -0.05) is 48.0 Å². The summed E-state index contributed by atoms with van der Waals surface area (Å²) in [6.45, 7) is 4.65. The van der Waals surface area contributed by atoms with Crippen molar-refractivity contribution < 1.29 is 14.3 Å². The van der Waals surface area contributed by atoms with E-state index in [0.29, 0.717) is 26.0 Å². The van der Waals surface area contributed by atoms with E-state index in [1.165, 1.54) is 0 Å². The molecule has 0 heterocycles. The van der Waals surface area contributed by atoms with Crippen molar-refractivity contribution in [3.8, 4) is 5.75 Å². The van der Waals surface area contributed by atoms with Crippen molar-refractivity contribution in [1.82, 2.24) is 10.2 Å². The van der Waals surface area contributed by atoms with Crippen LogP contribution in [0.2, 0.25) is 0 Å². The molecular weight excluding hydrogens is 340 g/mol. The van der Waals surface area contributed by atoms with Crippen LogP contribution in [0.3, 0.4) is 0 Å². The molecule has 2 aromatic carbocycles. The molecule has 2 rings (SSSR count). The van der Waals surface area contributed by atoms with Crippen LogP contribution in [0.1, 0.15) is 30.9 Å². The molecule has 5 heteroatoms. The average molecular weight is 368 g/mol. The minimum absolute atomic E-state index is 0.0525. The number of carbonyl (C=O) groups is 2. The van der Waals surface area contributed by atoms with E-state index in [9.17, 15) is 9.59 Å². The normalized spacial score (nSPS) is 11.5. The molecule has 0 spiro atoms. The fourth-order valence-electron chi connectivity index (χ4n) is 2.76. The van der Waals surface area contributed by atoms with Crippen LogP contribution in [-0.2, 0) is 16.1 Å². The highest BCUT2D eigenvalue weighted by atomic mass is 16.5. The van der Waals surface area contributed by atoms with Gasteiger partial charge in [-0.2, -0.15) is 0 Å². The third kappa shape index (κ3) is 6.44. The van der Waals surface area contributed by atoms with E-state index < -0.39 is 6.04 Å². The molecule has 27 heavy (non-hydrogen) atoms. The van der Waals surface area contributed by atoms with Crippen molar-refractivity contribution in [3.63, 3.8) is 0 Å². The molecule has 0 unspecified atom stereocenters. The van der Waals surface area contributed by atoms with Gasteiger partial charge in [-0.25, -0.2) is 0 Å². The Labute approximate surface area is 161 Å². The second-order valence-corrected chi connectivity index (χ2v) is 6.56. The maximum atomic E-state index is 12.8. The summed E-state index contributed by atoms with van der Waals surface area (Å²) in [4.78, 5) is 26.5. The standard InChI is InChI=1S/C22H28N2O3/c1-17-11-13-19(14-12-17)16-24(18(2)22(26)23-3)21(25)10-7-15-27-20-8-5-4-6-9-20/h4-6,8-9,11-14,18H,7,10,15-16H2,1-3H3,(H,23,26)/t18-/m0/s1. The maximum absolute atomic E-state index is 12.8. The molecule has 0 fully saturated rings. The lowest BCUT2D eigenvalue weighted by molar-refractivity contribution is -0.140. The van der Waals surface area contributed by atoms with Crippen LogP contribution in [0.4, 0.5) is 0 Å². The Kier molecular flexibility index (Phi) is 7.86. The first-order valence-electron chi connectivity index (χ1n) is 9.25. The van der Waals surface area contributed by atoms with Crippen LogP contribution >= 0.6 is 0 Å². The number of ether oxygens (including phenoxy) is 1. The van der Waals surface area contributed by atoms with E-state index >= 15 is 0 Å². The molecule has 2 amide bonds. The lowest BCUT2D eigenvalue weighted by atomic mass is 10.1. The number of para-hydroxylation sites is 1. The monoisotopic (exact) mass is 368 g/mol. The molecule has 1 N–H and O–H groups in total. The molecule has 0 aromatic heterocycles. The van der Waals surface area contributed by atoms with E-state index in [2.05, 4.69) is 5.32 Å². The number of aryl methyl sites for hydroxylation is 1. The van der Waals surface area contributed by atoms with Crippen LogP contribution in [0.25, 0.3) is 0 Å². The van der Waals surface area contributed by atoms with Gasteiger partial charge in [-0.05, 0) is 38.0 Å². The largest absolute Gasteiger partial charge is 0.494 e. The highest BCUT2D eigenvalue weighted by Gasteiger charge is 2.25. The minimum atomic E-state index is -0.529. The Morgan fingerprint density at radius 3 is 2.37 bits per heavy atom. The lowest BCUT2D eigenvalue weighted by Crippen LogP contribution is -2.46. The summed E-state index contributed by atoms with van der Waals surface area (Å²) >= 11 is 0. The summed E-state index contributed by atoms with van der Waals surface area (Å²) in [5.41, 5.74) is 2.17. The van der Waals surface area contributed by atoms with E-state index in [1.807, 2.05) is 61.5 Å². The molecule has 0 bridgehead atoms. The number of hydrogen-bond donors (Lipinski definition) is 1. The summed E-state index contributed by atoms with van der Waals surface area (Å²) in [7, 11) is 1.58. The Bertz CT molecular complexity index is 729. The average Bonchev–Trinajstić information content (AvgIpc) is 2.70. The second kappa shape index (κ2) is 10.4.